The van der Waals surface area contributed by atoms with Crippen LogP contribution >= 0.6 is 0 Å². The van der Waals surface area contributed by atoms with Gasteiger partial charge in [0, 0.05) is 37.5 Å². The molecule has 0 aromatic carbocycles. The van der Waals surface area contributed by atoms with Crippen molar-refractivity contribution in [1.29, 1.82) is 0 Å². The molecule has 2 aromatic rings. The topological polar surface area (TPSA) is 83.0 Å². The third-order valence-electron chi connectivity index (χ3n) is 3.61. The summed E-state index contributed by atoms with van der Waals surface area (Å²) in [6, 6.07) is 6.07. The number of aliphatic hydroxyl groups excluding tert-OH is 1. The SMILES string of the molecule is OCCNc1nc(NCCc2ccncc2)cc(C2CC2)n1. The zero-order valence-electron chi connectivity index (χ0n) is 12.5. The van der Waals surface area contributed by atoms with E-state index in [0.717, 1.165) is 24.5 Å². The van der Waals surface area contributed by atoms with Crippen LogP contribution in [-0.2, 0) is 6.42 Å². The van der Waals surface area contributed by atoms with Crippen molar-refractivity contribution < 1.29 is 5.11 Å². The lowest BCUT2D eigenvalue weighted by atomic mass is 10.2. The van der Waals surface area contributed by atoms with Crippen molar-refractivity contribution in [1.82, 2.24) is 15.0 Å². The minimum absolute atomic E-state index is 0.0713. The second-order valence-corrected chi connectivity index (χ2v) is 5.46. The summed E-state index contributed by atoms with van der Waals surface area (Å²) in [5.41, 5.74) is 2.33. The third-order valence-corrected chi connectivity index (χ3v) is 3.61. The van der Waals surface area contributed by atoms with Crippen LogP contribution in [0.2, 0.25) is 0 Å². The summed E-state index contributed by atoms with van der Waals surface area (Å²) in [6.45, 7) is 1.34. The lowest BCUT2D eigenvalue weighted by Crippen LogP contribution is -2.12. The maximum atomic E-state index is 8.92. The summed E-state index contributed by atoms with van der Waals surface area (Å²) < 4.78 is 0. The summed E-state index contributed by atoms with van der Waals surface area (Å²) in [5.74, 6) is 2.00. The number of hydrogen-bond donors (Lipinski definition) is 3. The van der Waals surface area contributed by atoms with E-state index in [1.54, 1.807) is 0 Å². The molecule has 6 heteroatoms. The third kappa shape index (κ3) is 4.14. The minimum Gasteiger partial charge on any atom is -0.395 e. The smallest absolute Gasteiger partial charge is 0.224 e. The molecule has 22 heavy (non-hydrogen) atoms. The van der Waals surface area contributed by atoms with Crippen molar-refractivity contribution >= 4 is 11.8 Å². The Kier molecular flexibility index (Phi) is 4.80. The lowest BCUT2D eigenvalue weighted by molar-refractivity contribution is 0.311. The summed E-state index contributed by atoms with van der Waals surface area (Å²) in [4.78, 5) is 13.0. The van der Waals surface area contributed by atoms with Crippen molar-refractivity contribution in [3.63, 3.8) is 0 Å². The first kappa shape index (κ1) is 14.7. The molecule has 2 heterocycles. The second kappa shape index (κ2) is 7.17. The predicted molar refractivity (Wildman–Crippen MR) is 86.0 cm³/mol. The predicted octanol–water partition coefficient (Wildman–Crippen LogP) is 1.81. The van der Waals surface area contributed by atoms with E-state index in [0.29, 0.717) is 18.4 Å². The summed E-state index contributed by atoms with van der Waals surface area (Å²) in [6.07, 6.45) is 6.94. The van der Waals surface area contributed by atoms with Gasteiger partial charge in [-0.05, 0) is 37.0 Å². The van der Waals surface area contributed by atoms with Gasteiger partial charge < -0.3 is 15.7 Å². The lowest BCUT2D eigenvalue weighted by Gasteiger charge is -2.10. The van der Waals surface area contributed by atoms with Crippen molar-refractivity contribution in [2.24, 2.45) is 0 Å². The molecule has 0 bridgehead atoms. The Labute approximate surface area is 130 Å². The van der Waals surface area contributed by atoms with Crippen molar-refractivity contribution in [2.75, 3.05) is 30.3 Å². The fourth-order valence-electron chi connectivity index (χ4n) is 2.28. The Hall–Kier alpha value is -2.21. The molecule has 116 valence electrons. The molecule has 0 unspecified atom stereocenters. The summed E-state index contributed by atoms with van der Waals surface area (Å²) in [7, 11) is 0. The molecule has 1 aliphatic carbocycles. The average molecular weight is 299 g/mol. The Morgan fingerprint density at radius 3 is 2.64 bits per heavy atom. The Morgan fingerprint density at radius 1 is 1.09 bits per heavy atom. The van der Waals surface area contributed by atoms with Crippen LogP contribution in [0, 0.1) is 0 Å². The van der Waals surface area contributed by atoms with E-state index in [9.17, 15) is 0 Å². The zero-order valence-corrected chi connectivity index (χ0v) is 12.5. The number of aliphatic hydroxyl groups is 1. The van der Waals surface area contributed by atoms with Crippen LogP contribution in [0.5, 0.6) is 0 Å². The first-order valence-electron chi connectivity index (χ1n) is 7.71. The first-order chi connectivity index (χ1) is 10.8. The van der Waals surface area contributed by atoms with Crippen LogP contribution in [0.4, 0.5) is 11.8 Å². The molecular weight excluding hydrogens is 278 g/mol. The highest BCUT2D eigenvalue weighted by Crippen LogP contribution is 2.39. The number of hydrogen-bond acceptors (Lipinski definition) is 6. The van der Waals surface area contributed by atoms with E-state index >= 15 is 0 Å². The maximum absolute atomic E-state index is 8.92. The van der Waals surface area contributed by atoms with Crippen LogP contribution in [0.15, 0.2) is 30.6 Å². The van der Waals surface area contributed by atoms with Gasteiger partial charge in [0.2, 0.25) is 5.95 Å². The van der Waals surface area contributed by atoms with Gasteiger partial charge in [0.15, 0.2) is 0 Å². The Balaban J connectivity index is 1.62. The van der Waals surface area contributed by atoms with Crippen LogP contribution in [-0.4, -0.2) is 39.8 Å². The highest BCUT2D eigenvalue weighted by atomic mass is 16.3. The molecule has 0 aliphatic heterocycles. The van der Waals surface area contributed by atoms with E-state index in [1.165, 1.54) is 18.4 Å². The molecule has 1 fully saturated rings. The van der Waals surface area contributed by atoms with Gasteiger partial charge in [0.1, 0.15) is 5.82 Å². The molecule has 0 radical (unpaired) electrons. The van der Waals surface area contributed by atoms with Crippen LogP contribution in [0.25, 0.3) is 0 Å². The fourth-order valence-corrected chi connectivity index (χ4v) is 2.28. The average Bonchev–Trinajstić information content (AvgIpc) is 3.39. The number of nitrogens with one attached hydrogen (secondary N) is 2. The molecule has 3 N–H and O–H groups in total. The first-order valence-corrected chi connectivity index (χ1v) is 7.71. The molecule has 6 nitrogen and oxygen atoms in total. The van der Waals surface area contributed by atoms with Crippen LogP contribution in [0.3, 0.4) is 0 Å². The van der Waals surface area contributed by atoms with Gasteiger partial charge in [-0.25, -0.2) is 4.98 Å². The Morgan fingerprint density at radius 2 is 1.91 bits per heavy atom. The van der Waals surface area contributed by atoms with Gasteiger partial charge in [0.25, 0.3) is 0 Å². The molecule has 3 rings (SSSR count). The zero-order chi connectivity index (χ0) is 15.2. The highest BCUT2D eigenvalue weighted by molar-refractivity contribution is 5.44. The number of aromatic nitrogens is 3. The number of nitrogens with zero attached hydrogens (tertiary/aromatic N) is 3. The Bertz CT molecular complexity index is 601. The maximum Gasteiger partial charge on any atom is 0.224 e. The molecular formula is C16H21N5O. The minimum atomic E-state index is 0.0713. The van der Waals surface area contributed by atoms with Gasteiger partial charge in [0.05, 0.1) is 12.3 Å². The highest BCUT2D eigenvalue weighted by Gasteiger charge is 2.26. The second-order valence-electron chi connectivity index (χ2n) is 5.46. The number of anilines is 2. The van der Waals surface area contributed by atoms with Gasteiger partial charge in [-0.15, -0.1) is 0 Å². The van der Waals surface area contributed by atoms with E-state index in [-0.39, 0.29) is 6.61 Å². The van der Waals surface area contributed by atoms with Crippen LogP contribution < -0.4 is 10.6 Å². The van der Waals surface area contributed by atoms with Gasteiger partial charge in [-0.3, -0.25) is 4.98 Å². The van der Waals surface area contributed by atoms with Crippen LogP contribution in [0.1, 0.15) is 30.0 Å². The van der Waals surface area contributed by atoms with E-state index in [4.69, 9.17) is 5.11 Å². The molecule has 0 amide bonds. The molecule has 0 spiro atoms. The largest absolute Gasteiger partial charge is 0.395 e. The number of rotatable bonds is 8. The summed E-state index contributed by atoms with van der Waals surface area (Å²) >= 11 is 0. The molecule has 1 aliphatic rings. The fraction of sp³-hybridized carbons (Fsp3) is 0.438. The quantitative estimate of drug-likeness (QED) is 0.689. The van der Waals surface area contributed by atoms with Gasteiger partial charge >= 0.3 is 0 Å². The van der Waals surface area contributed by atoms with Crippen molar-refractivity contribution in [2.45, 2.75) is 25.2 Å². The molecule has 0 saturated heterocycles. The van der Waals surface area contributed by atoms with E-state index < -0.39 is 0 Å². The standard InChI is InChI=1S/C16H21N5O/c22-10-9-19-16-20-14(13-1-2-13)11-15(21-16)18-8-5-12-3-6-17-7-4-12/h3-4,6-7,11,13,22H,1-2,5,8-10H2,(H2,18,19,20,21). The van der Waals surface area contributed by atoms with Gasteiger partial charge in [-0.1, -0.05) is 0 Å². The number of pyridine rings is 1. The molecule has 0 atom stereocenters. The normalized spacial score (nSPS) is 13.9. The molecule has 1 saturated carbocycles. The monoisotopic (exact) mass is 299 g/mol. The van der Waals surface area contributed by atoms with Crippen molar-refractivity contribution in [3.05, 3.63) is 41.9 Å². The van der Waals surface area contributed by atoms with Gasteiger partial charge in [-0.2, -0.15) is 4.98 Å². The van der Waals surface area contributed by atoms with Crippen molar-refractivity contribution in [3.8, 4) is 0 Å². The summed E-state index contributed by atoms with van der Waals surface area (Å²) in [5, 5.41) is 15.3. The van der Waals surface area contributed by atoms with E-state index in [2.05, 4.69) is 25.6 Å². The molecule has 2 aromatic heterocycles. The van der Waals surface area contributed by atoms with E-state index in [1.807, 2.05) is 30.6 Å².